The summed E-state index contributed by atoms with van der Waals surface area (Å²) in [5.74, 6) is 1.42. The number of ether oxygens (including phenoxy) is 2. The van der Waals surface area contributed by atoms with Crippen LogP contribution in [0.3, 0.4) is 0 Å². The molecule has 0 atom stereocenters. The number of rotatable bonds is 7. The highest BCUT2D eigenvalue weighted by Gasteiger charge is 2.17. The van der Waals surface area contributed by atoms with Gasteiger partial charge in [-0.15, -0.1) is 0 Å². The Morgan fingerprint density at radius 1 is 1.03 bits per heavy atom. The number of nitrogens with zero attached hydrogens (tertiary/aromatic N) is 5. The minimum Gasteiger partial charge on any atom is -0.481 e. The fourth-order valence-electron chi connectivity index (χ4n) is 2.67. The maximum Gasteiger partial charge on any atom is 0.320 e. The van der Waals surface area contributed by atoms with E-state index in [1.54, 1.807) is 37.0 Å². The van der Waals surface area contributed by atoms with Gasteiger partial charge < -0.3 is 19.2 Å². The largest absolute Gasteiger partial charge is 0.481 e. The van der Waals surface area contributed by atoms with Crippen molar-refractivity contribution in [3.63, 3.8) is 0 Å². The molecule has 0 amide bonds. The second-order valence-corrected chi connectivity index (χ2v) is 5.92. The van der Waals surface area contributed by atoms with Gasteiger partial charge in [0.2, 0.25) is 11.8 Å². The van der Waals surface area contributed by atoms with E-state index in [0.29, 0.717) is 41.1 Å². The number of aromatic nitrogens is 5. The van der Waals surface area contributed by atoms with E-state index in [1.165, 1.54) is 14.2 Å². The summed E-state index contributed by atoms with van der Waals surface area (Å²) >= 11 is 0. The summed E-state index contributed by atoms with van der Waals surface area (Å²) in [6.45, 7) is 0.564. The summed E-state index contributed by atoms with van der Waals surface area (Å²) in [6, 6.07) is 9.35. The SMILES string of the molecule is COc1cc(-c2cnc(NCc3ccncc3)nc2-c2ccco2)nc(OC)n1. The zero-order valence-electron chi connectivity index (χ0n) is 15.9. The van der Waals surface area contributed by atoms with Crippen LogP contribution in [0.2, 0.25) is 0 Å². The van der Waals surface area contributed by atoms with Crippen molar-refractivity contribution in [3.05, 3.63) is 60.7 Å². The van der Waals surface area contributed by atoms with Crippen LogP contribution in [0.5, 0.6) is 11.9 Å². The lowest BCUT2D eigenvalue weighted by Gasteiger charge is -2.11. The first-order valence-electron chi connectivity index (χ1n) is 8.78. The third kappa shape index (κ3) is 4.13. The maximum atomic E-state index is 5.58. The predicted octanol–water partition coefficient (Wildman–Crippen LogP) is 3.22. The van der Waals surface area contributed by atoms with Crippen molar-refractivity contribution >= 4 is 5.95 Å². The Balaban J connectivity index is 1.73. The highest BCUT2D eigenvalue weighted by molar-refractivity contribution is 5.77. The predicted molar refractivity (Wildman–Crippen MR) is 105 cm³/mol. The maximum absolute atomic E-state index is 5.58. The molecule has 4 heterocycles. The van der Waals surface area contributed by atoms with E-state index in [9.17, 15) is 0 Å². The van der Waals surface area contributed by atoms with E-state index in [1.807, 2.05) is 18.2 Å². The van der Waals surface area contributed by atoms with E-state index in [2.05, 4.69) is 30.2 Å². The Kier molecular flexibility index (Phi) is 5.28. The Morgan fingerprint density at radius 3 is 2.62 bits per heavy atom. The molecule has 4 aromatic heterocycles. The van der Waals surface area contributed by atoms with E-state index in [4.69, 9.17) is 13.9 Å². The molecule has 0 spiro atoms. The number of nitrogens with one attached hydrogen (secondary N) is 1. The van der Waals surface area contributed by atoms with Crippen LogP contribution in [-0.2, 0) is 6.54 Å². The fourth-order valence-corrected chi connectivity index (χ4v) is 2.67. The molecule has 0 aromatic carbocycles. The molecule has 29 heavy (non-hydrogen) atoms. The van der Waals surface area contributed by atoms with Crippen LogP contribution < -0.4 is 14.8 Å². The average Bonchev–Trinajstić information content (AvgIpc) is 3.32. The number of pyridine rings is 1. The minimum absolute atomic E-state index is 0.185. The Labute approximate surface area is 166 Å². The van der Waals surface area contributed by atoms with Gasteiger partial charge in [0.05, 0.1) is 26.2 Å². The molecule has 9 heteroatoms. The number of anilines is 1. The molecule has 0 saturated heterocycles. The van der Waals surface area contributed by atoms with Gasteiger partial charge in [-0.25, -0.2) is 9.97 Å². The van der Waals surface area contributed by atoms with Crippen molar-refractivity contribution in [2.75, 3.05) is 19.5 Å². The highest BCUT2D eigenvalue weighted by Crippen LogP contribution is 2.32. The molecule has 0 aliphatic heterocycles. The monoisotopic (exact) mass is 390 g/mol. The van der Waals surface area contributed by atoms with Gasteiger partial charge in [-0.2, -0.15) is 9.97 Å². The summed E-state index contributed by atoms with van der Waals surface area (Å²) in [6.07, 6.45) is 6.75. The summed E-state index contributed by atoms with van der Waals surface area (Å²) in [5.41, 5.74) is 2.87. The van der Waals surface area contributed by atoms with Gasteiger partial charge in [-0.05, 0) is 29.8 Å². The lowest BCUT2D eigenvalue weighted by atomic mass is 10.1. The van der Waals surface area contributed by atoms with Gasteiger partial charge in [-0.1, -0.05) is 0 Å². The quantitative estimate of drug-likeness (QED) is 0.509. The van der Waals surface area contributed by atoms with Crippen LogP contribution in [0.1, 0.15) is 5.56 Å². The second-order valence-electron chi connectivity index (χ2n) is 5.92. The standard InChI is InChI=1S/C20H18N6O3/c1-27-17-10-15(24-20(25-17)28-2)14-12-23-19(22-11-13-5-7-21-8-6-13)26-18(14)16-4-3-9-29-16/h3-10,12H,11H2,1-2H3,(H,22,23,26). The Hall–Kier alpha value is -4.01. The van der Waals surface area contributed by atoms with Crippen molar-refractivity contribution < 1.29 is 13.9 Å². The summed E-state index contributed by atoms with van der Waals surface area (Å²) in [7, 11) is 3.02. The first kappa shape index (κ1) is 18.4. The number of hydrogen-bond acceptors (Lipinski definition) is 9. The zero-order valence-corrected chi connectivity index (χ0v) is 15.9. The van der Waals surface area contributed by atoms with Crippen molar-refractivity contribution in [2.45, 2.75) is 6.54 Å². The third-order valence-corrected chi connectivity index (χ3v) is 4.09. The number of furan rings is 1. The van der Waals surface area contributed by atoms with Crippen LogP contribution in [0.15, 0.2) is 59.6 Å². The lowest BCUT2D eigenvalue weighted by Crippen LogP contribution is -2.05. The number of hydrogen-bond donors (Lipinski definition) is 1. The van der Waals surface area contributed by atoms with E-state index in [0.717, 1.165) is 5.56 Å². The van der Waals surface area contributed by atoms with Crippen molar-refractivity contribution in [2.24, 2.45) is 0 Å². The molecule has 0 radical (unpaired) electrons. The van der Waals surface area contributed by atoms with Crippen LogP contribution in [0, 0.1) is 0 Å². The first-order chi connectivity index (χ1) is 14.3. The molecule has 0 aliphatic rings. The molecular weight excluding hydrogens is 372 g/mol. The van der Waals surface area contributed by atoms with E-state index < -0.39 is 0 Å². The third-order valence-electron chi connectivity index (χ3n) is 4.09. The smallest absolute Gasteiger partial charge is 0.320 e. The summed E-state index contributed by atoms with van der Waals surface area (Å²) < 4.78 is 16.0. The van der Waals surface area contributed by atoms with Crippen molar-refractivity contribution in [3.8, 4) is 34.6 Å². The zero-order chi connectivity index (χ0) is 20.1. The van der Waals surface area contributed by atoms with Crippen LogP contribution >= 0.6 is 0 Å². The minimum atomic E-state index is 0.185. The second kappa shape index (κ2) is 8.34. The molecule has 9 nitrogen and oxygen atoms in total. The average molecular weight is 390 g/mol. The van der Waals surface area contributed by atoms with Gasteiger partial charge in [0.25, 0.3) is 0 Å². The molecule has 0 unspecified atom stereocenters. The normalized spacial score (nSPS) is 10.6. The van der Waals surface area contributed by atoms with Crippen LogP contribution in [-0.4, -0.2) is 39.1 Å². The van der Waals surface area contributed by atoms with Crippen LogP contribution in [0.25, 0.3) is 22.7 Å². The molecule has 0 saturated carbocycles. The summed E-state index contributed by atoms with van der Waals surface area (Å²) in [4.78, 5) is 21.6. The summed E-state index contributed by atoms with van der Waals surface area (Å²) in [5, 5.41) is 3.21. The molecule has 4 aromatic rings. The topological polar surface area (TPSA) is 108 Å². The van der Waals surface area contributed by atoms with Crippen molar-refractivity contribution in [1.29, 1.82) is 0 Å². The fraction of sp³-hybridized carbons (Fsp3) is 0.150. The van der Waals surface area contributed by atoms with Crippen molar-refractivity contribution in [1.82, 2.24) is 24.9 Å². The van der Waals surface area contributed by atoms with E-state index in [-0.39, 0.29) is 6.01 Å². The van der Waals surface area contributed by atoms with Gasteiger partial charge >= 0.3 is 6.01 Å². The molecule has 146 valence electrons. The molecule has 0 aliphatic carbocycles. The lowest BCUT2D eigenvalue weighted by molar-refractivity contribution is 0.352. The molecular formula is C20H18N6O3. The van der Waals surface area contributed by atoms with Gasteiger partial charge in [-0.3, -0.25) is 4.98 Å². The molecule has 4 rings (SSSR count). The van der Waals surface area contributed by atoms with Gasteiger partial charge in [0, 0.05) is 36.8 Å². The number of methoxy groups -OCH3 is 2. The van der Waals surface area contributed by atoms with Crippen LogP contribution in [0.4, 0.5) is 5.95 Å². The Morgan fingerprint density at radius 2 is 1.90 bits per heavy atom. The molecule has 0 bridgehead atoms. The Bertz CT molecular complexity index is 1060. The first-order valence-corrected chi connectivity index (χ1v) is 8.78. The highest BCUT2D eigenvalue weighted by atomic mass is 16.5. The van der Waals surface area contributed by atoms with Gasteiger partial charge in [0.15, 0.2) is 5.76 Å². The molecule has 1 N–H and O–H groups in total. The van der Waals surface area contributed by atoms with E-state index >= 15 is 0 Å². The van der Waals surface area contributed by atoms with Gasteiger partial charge in [0.1, 0.15) is 5.69 Å². The molecule has 0 fully saturated rings.